The van der Waals surface area contributed by atoms with Crippen LogP contribution in [0.15, 0.2) is 29.8 Å². The van der Waals surface area contributed by atoms with E-state index in [4.69, 9.17) is 4.98 Å². The number of amides is 1. The second kappa shape index (κ2) is 6.21. The van der Waals surface area contributed by atoms with Crippen LogP contribution in [0.1, 0.15) is 12.8 Å². The molecule has 3 heterocycles. The summed E-state index contributed by atoms with van der Waals surface area (Å²) in [6.07, 6.45) is 1.89. The molecule has 0 bridgehead atoms. The van der Waals surface area contributed by atoms with E-state index >= 15 is 0 Å². The van der Waals surface area contributed by atoms with Crippen molar-refractivity contribution in [2.24, 2.45) is 5.92 Å². The molecule has 0 aliphatic carbocycles. The van der Waals surface area contributed by atoms with Crippen molar-refractivity contribution < 1.29 is 4.79 Å². The molecule has 1 fully saturated rings. The number of aromatic nitrogens is 3. The minimum absolute atomic E-state index is 0.0209. The molecule has 8 heteroatoms. The predicted octanol–water partition coefficient (Wildman–Crippen LogP) is 3.00. The van der Waals surface area contributed by atoms with Gasteiger partial charge in [-0.3, -0.25) is 4.79 Å². The van der Waals surface area contributed by atoms with Crippen molar-refractivity contribution in [2.45, 2.75) is 12.8 Å². The number of benzene rings is 1. The van der Waals surface area contributed by atoms with Gasteiger partial charge in [-0.2, -0.15) is 0 Å². The van der Waals surface area contributed by atoms with E-state index in [0.717, 1.165) is 30.0 Å². The molecule has 4 rings (SSSR count). The molecule has 1 N–H and O–H groups in total. The monoisotopic (exact) mass is 345 g/mol. The Balaban J connectivity index is 1.49. The molecule has 2 aromatic heterocycles. The molecule has 1 aliphatic rings. The van der Waals surface area contributed by atoms with E-state index in [1.807, 2.05) is 18.2 Å². The first-order valence-corrected chi connectivity index (χ1v) is 9.17. The van der Waals surface area contributed by atoms with Crippen LogP contribution in [0.2, 0.25) is 0 Å². The van der Waals surface area contributed by atoms with E-state index in [9.17, 15) is 4.79 Å². The first-order valence-electron chi connectivity index (χ1n) is 7.47. The third-order valence-electron chi connectivity index (χ3n) is 3.94. The highest BCUT2D eigenvalue weighted by Gasteiger charge is 2.27. The van der Waals surface area contributed by atoms with E-state index < -0.39 is 0 Å². The van der Waals surface area contributed by atoms with E-state index in [2.05, 4.69) is 26.5 Å². The summed E-state index contributed by atoms with van der Waals surface area (Å²) in [7, 11) is 0. The fraction of sp³-hybridized carbons (Fsp3) is 0.333. The molecule has 0 saturated carbocycles. The first-order chi connectivity index (χ1) is 11.3. The lowest BCUT2D eigenvalue weighted by Gasteiger charge is -2.31. The van der Waals surface area contributed by atoms with E-state index in [1.54, 1.807) is 16.8 Å². The van der Waals surface area contributed by atoms with Crippen molar-refractivity contribution in [1.82, 2.24) is 15.2 Å². The molecule has 23 heavy (non-hydrogen) atoms. The van der Waals surface area contributed by atoms with Crippen molar-refractivity contribution in [1.29, 1.82) is 0 Å². The number of hydrogen-bond acceptors (Lipinski definition) is 7. The number of fused-ring (bicyclic) bond motifs is 1. The Bertz CT molecular complexity index is 783. The Kier molecular flexibility index (Phi) is 3.92. The predicted molar refractivity (Wildman–Crippen MR) is 93.1 cm³/mol. The zero-order valence-corrected chi connectivity index (χ0v) is 13.9. The van der Waals surface area contributed by atoms with E-state index in [1.165, 1.54) is 16.0 Å². The largest absolute Gasteiger partial charge is 0.347 e. The normalized spacial score (nSPS) is 18.3. The highest BCUT2D eigenvalue weighted by molar-refractivity contribution is 7.22. The number of rotatable bonds is 3. The summed E-state index contributed by atoms with van der Waals surface area (Å²) in [6, 6.07) is 8.14. The summed E-state index contributed by atoms with van der Waals surface area (Å²) in [4.78, 5) is 19.3. The maximum absolute atomic E-state index is 12.4. The van der Waals surface area contributed by atoms with Crippen LogP contribution in [-0.4, -0.2) is 34.2 Å². The number of anilines is 2. The molecule has 1 saturated heterocycles. The molecule has 1 amide bonds. The zero-order valence-electron chi connectivity index (χ0n) is 12.3. The third-order valence-corrected chi connectivity index (χ3v) is 5.64. The van der Waals surface area contributed by atoms with Crippen LogP contribution in [0.25, 0.3) is 10.2 Å². The molecular formula is C15H15N5OS2. The Hall–Kier alpha value is -2.06. The maximum Gasteiger partial charge on any atom is 0.231 e. The van der Waals surface area contributed by atoms with Gasteiger partial charge in [0.2, 0.25) is 11.0 Å². The van der Waals surface area contributed by atoms with Crippen LogP contribution in [0.5, 0.6) is 0 Å². The second-order valence-electron chi connectivity index (χ2n) is 5.48. The molecule has 6 nitrogen and oxygen atoms in total. The van der Waals surface area contributed by atoms with Crippen molar-refractivity contribution in [2.75, 3.05) is 23.3 Å². The average Bonchev–Trinajstić information content (AvgIpc) is 3.24. The van der Waals surface area contributed by atoms with Gasteiger partial charge in [-0.25, -0.2) is 4.98 Å². The molecule has 0 radical (unpaired) electrons. The van der Waals surface area contributed by atoms with Crippen LogP contribution in [0.4, 0.5) is 10.3 Å². The zero-order chi connectivity index (χ0) is 15.6. The average molecular weight is 345 g/mol. The van der Waals surface area contributed by atoms with E-state index in [-0.39, 0.29) is 11.8 Å². The van der Waals surface area contributed by atoms with Crippen LogP contribution < -0.4 is 10.2 Å². The highest BCUT2D eigenvalue weighted by atomic mass is 32.1. The Labute approximate surface area is 141 Å². The molecule has 0 spiro atoms. The maximum atomic E-state index is 12.4. The minimum atomic E-state index is -0.0420. The summed E-state index contributed by atoms with van der Waals surface area (Å²) in [6.45, 7) is 1.65. The number of nitrogens with zero attached hydrogens (tertiary/aromatic N) is 4. The standard InChI is InChI=1S/C15H15N5OS2/c21-13(18-14-19-16-9-22-14)10-4-3-7-20(8-10)15-17-11-5-1-2-6-12(11)23-15/h1-2,5-6,9-10H,3-4,7-8H2,(H,18,19,21). The van der Waals surface area contributed by atoms with Gasteiger partial charge in [0, 0.05) is 13.1 Å². The summed E-state index contributed by atoms with van der Waals surface area (Å²) >= 11 is 3.02. The number of carbonyl (C=O) groups excluding carboxylic acids is 1. The van der Waals surface area contributed by atoms with Gasteiger partial charge >= 0.3 is 0 Å². The van der Waals surface area contributed by atoms with Gasteiger partial charge in [-0.15, -0.1) is 10.2 Å². The molecule has 1 atom stereocenters. The fourth-order valence-corrected chi connectivity index (χ4v) is 4.24. The molecule has 1 unspecified atom stereocenters. The molecule has 1 aliphatic heterocycles. The van der Waals surface area contributed by atoms with Crippen molar-refractivity contribution in [3.05, 3.63) is 29.8 Å². The number of para-hydroxylation sites is 1. The number of thiazole rings is 1. The van der Waals surface area contributed by atoms with Crippen molar-refractivity contribution >= 4 is 49.1 Å². The smallest absolute Gasteiger partial charge is 0.231 e. The van der Waals surface area contributed by atoms with Gasteiger partial charge < -0.3 is 10.2 Å². The summed E-state index contributed by atoms with van der Waals surface area (Å²) in [5.41, 5.74) is 2.64. The van der Waals surface area contributed by atoms with Crippen LogP contribution in [-0.2, 0) is 4.79 Å². The van der Waals surface area contributed by atoms with Crippen LogP contribution in [0.3, 0.4) is 0 Å². The Morgan fingerprint density at radius 1 is 1.35 bits per heavy atom. The number of hydrogen-bond donors (Lipinski definition) is 1. The quantitative estimate of drug-likeness (QED) is 0.790. The number of piperidine rings is 1. The molecular weight excluding hydrogens is 330 g/mol. The Morgan fingerprint density at radius 3 is 3.09 bits per heavy atom. The van der Waals surface area contributed by atoms with Gasteiger partial charge in [-0.1, -0.05) is 34.8 Å². The lowest BCUT2D eigenvalue weighted by Crippen LogP contribution is -2.40. The van der Waals surface area contributed by atoms with Gasteiger partial charge in [-0.05, 0) is 25.0 Å². The number of carbonyl (C=O) groups is 1. The van der Waals surface area contributed by atoms with Gasteiger partial charge in [0.1, 0.15) is 5.51 Å². The molecule has 1 aromatic carbocycles. The lowest BCUT2D eigenvalue weighted by molar-refractivity contribution is -0.120. The minimum Gasteiger partial charge on any atom is -0.347 e. The third kappa shape index (κ3) is 3.04. The van der Waals surface area contributed by atoms with Gasteiger partial charge in [0.15, 0.2) is 5.13 Å². The topological polar surface area (TPSA) is 71.0 Å². The summed E-state index contributed by atoms with van der Waals surface area (Å²) < 4.78 is 1.18. The number of nitrogens with one attached hydrogen (secondary N) is 1. The van der Waals surface area contributed by atoms with E-state index in [0.29, 0.717) is 11.7 Å². The van der Waals surface area contributed by atoms with Gasteiger partial charge in [0.05, 0.1) is 16.1 Å². The second-order valence-corrected chi connectivity index (χ2v) is 7.32. The molecule has 118 valence electrons. The van der Waals surface area contributed by atoms with Crippen LogP contribution >= 0.6 is 22.7 Å². The van der Waals surface area contributed by atoms with Crippen LogP contribution in [0, 0.1) is 5.92 Å². The summed E-state index contributed by atoms with van der Waals surface area (Å²) in [5.74, 6) is -0.0211. The van der Waals surface area contributed by atoms with Crippen molar-refractivity contribution in [3.63, 3.8) is 0 Å². The highest BCUT2D eigenvalue weighted by Crippen LogP contribution is 2.31. The SMILES string of the molecule is O=C(Nc1nncs1)C1CCCN(c2nc3ccccc3s2)C1. The van der Waals surface area contributed by atoms with Crippen molar-refractivity contribution in [3.8, 4) is 0 Å². The lowest BCUT2D eigenvalue weighted by atomic mass is 9.98. The Morgan fingerprint density at radius 2 is 2.26 bits per heavy atom. The molecule has 3 aromatic rings. The summed E-state index contributed by atoms with van der Waals surface area (Å²) in [5, 5.41) is 12.0. The van der Waals surface area contributed by atoms with Gasteiger partial charge in [0.25, 0.3) is 0 Å². The first kappa shape index (κ1) is 14.5. The fourth-order valence-electron chi connectivity index (χ4n) is 2.80.